The van der Waals surface area contributed by atoms with Crippen molar-refractivity contribution in [1.82, 2.24) is 15.1 Å². The fraction of sp³-hybridized carbons (Fsp3) is 0.400. The number of urea groups is 1. The van der Waals surface area contributed by atoms with Crippen LogP contribution in [0, 0.1) is 0 Å². The van der Waals surface area contributed by atoms with Gasteiger partial charge in [-0.05, 0) is 23.6 Å². The van der Waals surface area contributed by atoms with Crippen molar-refractivity contribution >= 4 is 29.0 Å². The zero-order chi connectivity index (χ0) is 20.6. The molecule has 0 radical (unpaired) electrons. The molecule has 8 nitrogen and oxygen atoms in total. The zero-order valence-corrected chi connectivity index (χ0v) is 17.5. The Bertz CT molecular complexity index is 820. The second-order valence-corrected chi connectivity index (χ2v) is 7.48. The second kappa shape index (κ2) is 10.1. The molecular weight excluding hydrogens is 392 g/mol. The van der Waals surface area contributed by atoms with Crippen LogP contribution in [0.4, 0.5) is 10.5 Å². The number of ether oxygens (including phenoxy) is 2. The van der Waals surface area contributed by atoms with E-state index in [0.717, 1.165) is 24.5 Å². The summed E-state index contributed by atoms with van der Waals surface area (Å²) in [4.78, 5) is 29.5. The van der Waals surface area contributed by atoms with E-state index in [4.69, 9.17) is 9.47 Å². The Morgan fingerprint density at radius 3 is 2.52 bits per heavy atom. The number of benzene rings is 1. The van der Waals surface area contributed by atoms with Gasteiger partial charge in [-0.3, -0.25) is 9.69 Å². The lowest BCUT2D eigenvalue weighted by Crippen LogP contribution is -2.50. The summed E-state index contributed by atoms with van der Waals surface area (Å²) in [6, 6.07) is 8.76. The highest BCUT2D eigenvalue weighted by molar-refractivity contribution is 7.12. The average Bonchev–Trinajstić information content (AvgIpc) is 3.28. The minimum Gasteiger partial charge on any atom is -0.493 e. The molecule has 1 fully saturated rings. The normalized spacial score (nSPS) is 14.3. The molecule has 2 N–H and O–H groups in total. The van der Waals surface area contributed by atoms with Gasteiger partial charge in [0, 0.05) is 39.3 Å². The summed E-state index contributed by atoms with van der Waals surface area (Å²) in [7, 11) is 3.08. The molecule has 0 unspecified atom stereocenters. The predicted octanol–water partition coefficient (Wildman–Crippen LogP) is 2.34. The van der Waals surface area contributed by atoms with E-state index in [2.05, 4.69) is 15.5 Å². The molecule has 1 aromatic heterocycles. The largest absolute Gasteiger partial charge is 0.493 e. The molecule has 2 heterocycles. The van der Waals surface area contributed by atoms with Crippen molar-refractivity contribution < 1.29 is 19.1 Å². The van der Waals surface area contributed by atoms with Crippen molar-refractivity contribution in [2.45, 2.75) is 0 Å². The van der Waals surface area contributed by atoms with Gasteiger partial charge in [-0.2, -0.15) is 0 Å². The third kappa shape index (κ3) is 5.39. The number of hydrogen-bond acceptors (Lipinski definition) is 6. The predicted molar refractivity (Wildman–Crippen MR) is 113 cm³/mol. The van der Waals surface area contributed by atoms with Crippen molar-refractivity contribution in [3.05, 3.63) is 40.6 Å². The molecule has 1 aliphatic heterocycles. The summed E-state index contributed by atoms with van der Waals surface area (Å²) < 4.78 is 10.6. The van der Waals surface area contributed by atoms with Crippen LogP contribution in [0.15, 0.2) is 35.7 Å². The van der Waals surface area contributed by atoms with E-state index in [0.29, 0.717) is 36.8 Å². The topological polar surface area (TPSA) is 83.1 Å². The maximum Gasteiger partial charge on any atom is 0.319 e. The standard InChI is InChI=1S/C20H26N4O4S/c1-27-16-6-3-5-15(18(16)28-2)22-20(26)21-8-9-23-10-12-24(13-11-23)19(25)17-7-4-14-29-17/h3-7,14H,8-13H2,1-2H3,(H2,21,22,26). The second-order valence-electron chi connectivity index (χ2n) is 6.53. The van der Waals surface area contributed by atoms with Gasteiger partial charge in [0.15, 0.2) is 11.5 Å². The number of carbonyl (C=O) groups excluding carboxylic acids is 2. The highest BCUT2D eigenvalue weighted by Crippen LogP contribution is 2.34. The Hall–Kier alpha value is -2.78. The first kappa shape index (κ1) is 20.9. The van der Waals surface area contributed by atoms with Gasteiger partial charge in [-0.25, -0.2) is 4.79 Å². The summed E-state index contributed by atoms with van der Waals surface area (Å²) in [6.07, 6.45) is 0. The number of carbonyl (C=O) groups is 2. The lowest BCUT2D eigenvalue weighted by atomic mass is 10.2. The maximum absolute atomic E-state index is 12.4. The molecule has 1 aliphatic rings. The molecule has 0 bridgehead atoms. The summed E-state index contributed by atoms with van der Waals surface area (Å²) in [5, 5.41) is 7.56. The summed E-state index contributed by atoms with van der Waals surface area (Å²) in [6.45, 7) is 4.23. The molecule has 156 valence electrons. The average molecular weight is 419 g/mol. The smallest absolute Gasteiger partial charge is 0.319 e. The number of methoxy groups -OCH3 is 2. The fourth-order valence-corrected chi connectivity index (χ4v) is 3.90. The van der Waals surface area contributed by atoms with E-state index in [9.17, 15) is 9.59 Å². The number of thiophene rings is 1. The monoisotopic (exact) mass is 418 g/mol. The fourth-order valence-electron chi connectivity index (χ4n) is 3.21. The third-order valence-corrected chi connectivity index (χ3v) is 5.61. The van der Waals surface area contributed by atoms with Crippen LogP contribution in [0.2, 0.25) is 0 Å². The molecule has 1 aromatic carbocycles. The Morgan fingerprint density at radius 2 is 1.86 bits per heavy atom. The number of rotatable bonds is 7. The molecule has 9 heteroatoms. The quantitative estimate of drug-likeness (QED) is 0.721. The Kier molecular flexibility index (Phi) is 7.31. The number of hydrogen-bond donors (Lipinski definition) is 2. The van der Waals surface area contributed by atoms with Crippen LogP contribution in [0.3, 0.4) is 0 Å². The number of anilines is 1. The van der Waals surface area contributed by atoms with E-state index >= 15 is 0 Å². The van der Waals surface area contributed by atoms with Crippen molar-refractivity contribution in [3.63, 3.8) is 0 Å². The minimum atomic E-state index is -0.303. The first-order chi connectivity index (χ1) is 14.1. The van der Waals surface area contributed by atoms with Crippen LogP contribution >= 0.6 is 11.3 Å². The minimum absolute atomic E-state index is 0.101. The van der Waals surface area contributed by atoms with Crippen molar-refractivity contribution in [2.24, 2.45) is 0 Å². The Balaban J connectivity index is 1.40. The lowest BCUT2D eigenvalue weighted by Gasteiger charge is -2.34. The lowest BCUT2D eigenvalue weighted by molar-refractivity contribution is 0.0644. The molecule has 29 heavy (non-hydrogen) atoms. The van der Waals surface area contributed by atoms with E-state index in [-0.39, 0.29) is 11.9 Å². The first-order valence-electron chi connectivity index (χ1n) is 9.43. The molecule has 0 aliphatic carbocycles. The van der Waals surface area contributed by atoms with Crippen molar-refractivity contribution in [1.29, 1.82) is 0 Å². The molecule has 2 aromatic rings. The van der Waals surface area contributed by atoms with Gasteiger partial charge in [0.2, 0.25) is 0 Å². The van der Waals surface area contributed by atoms with Crippen molar-refractivity contribution in [3.8, 4) is 11.5 Å². The highest BCUT2D eigenvalue weighted by Gasteiger charge is 2.22. The zero-order valence-electron chi connectivity index (χ0n) is 16.6. The maximum atomic E-state index is 12.4. The third-order valence-electron chi connectivity index (χ3n) is 4.76. The number of amides is 3. The van der Waals surface area contributed by atoms with Crippen LogP contribution in [0.5, 0.6) is 11.5 Å². The van der Waals surface area contributed by atoms with Gasteiger partial charge in [-0.15, -0.1) is 11.3 Å². The molecule has 0 atom stereocenters. The summed E-state index contributed by atoms with van der Waals surface area (Å²) >= 11 is 1.47. The number of nitrogens with one attached hydrogen (secondary N) is 2. The summed E-state index contributed by atoms with van der Waals surface area (Å²) in [5.41, 5.74) is 0.546. The van der Waals surface area contributed by atoms with Crippen LogP contribution < -0.4 is 20.1 Å². The molecule has 1 saturated heterocycles. The van der Waals surface area contributed by atoms with E-state index in [1.165, 1.54) is 18.4 Å². The summed E-state index contributed by atoms with van der Waals surface area (Å²) in [5.74, 6) is 1.14. The van der Waals surface area contributed by atoms with Gasteiger partial charge >= 0.3 is 6.03 Å². The SMILES string of the molecule is COc1cccc(NC(=O)NCCN2CCN(C(=O)c3cccs3)CC2)c1OC. The number of para-hydroxylation sites is 1. The van der Waals surface area contributed by atoms with E-state index in [1.54, 1.807) is 25.3 Å². The highest BCUT2D eigenvalue weighted by atomic mass is 32.1. The number of piperazine rings is 1. The van der Waals surface area contributed by atoms with Gasteiger partial charge in [-0.1, -0.05) is 12.1 Å². The van der Waals surface area contributed by atoms with Gasteiger partial charge in [0.25, 0.3) is 5.91 Å². The van der Waals surface area contributed by atoms with E-state index < -0.39 is 0 Å². The first-order valence-corrected chi connectivity index (χ1v) is 10.3. The van der Waals surface area contributed by atoms with Gasteiger partial charge in [0.05, 0.1) is 24.8 Å². The van der Waals surface area contributed by atoms with Crippen LogP contribution in [0.1, 0.15) is 9.67 Å². The van der Waals surface area contributed by atoms with Crippen LogP contribution in [-0.4, -0.2) is 75.2 Å². The molecule has 3 rings (SSSR count). The Morgan fingerprint density at radius 1 is 1.07 bits per heavy atom. The van der Waals surface area contributed by atoms with Gasteiger partial charge < -0.3 is 25.0 Å². The van der Waals surface area contributed by atoms with Crippen LogP contribution in [-0.2, 0) is 0 Å². The molecular formula is C20H26N4O4S. The van der Waals surface area contributed by atoms with E-state index in [1.807, 2.05) is 22.4 Å². The molecule has 0 spiro atoms. The number of nitrogens with zero attached hydrogens (tertiary/aromatic N) is 2. The van der Waals surface area contributed by atoms with Crippen molar-refractivity contribution in [2.75, 3.05) is 58.8 Å². The molecule has 0 saturated carbocycles. The van der Waals surface area contributed by atoms with Crippen LogP contribution in [0.25, 0.3) is 0 Å². The Labute approximate surface area is 174 Å². The van der Waals surface area contributed by atoms with Gasteiger partial charge in [0.1, 0.15) is 0 Å². The molecule has 3 amide bonds.